The van der Waals surface area contributed by atoms with Gasteiger partial charge < -0.3 is 5.11 Å². The third-order valence-electron chi connectivity index (χ3n) is 2.57. The van der Waals surface area contributed by atoms with Gasteiger partial charge in [-0.2, -0.15) is 0 Å². The molecular formula is C14H12Br2O. The lowest BCUT2D eigenvalue weighted by molar-refractivity contribution is 0.220. The highest BCUT2D eigenvalue weighted by molar-refractivity contribution is 9.10. The first kappa shape index (κ1) is 12.8. The van der Waals surface area contributed by atoms with Gasteiger partial charge in [-0.1, -0.05) is 50.1 Å². The number of hydrogen-bond donors (Lipinski definition) is 1. The molecule has 0 radical (unpaired) electrons. The summed E-state index contributed by atoms with van der Waals surface area (Å²) in [6, 6.07) is 13.7. The van der Waals surface area contributed by atoms with Crippen LogP contribution in [0.15, 0.2) is 51.4 Å². The van der Waals surface area contributed by atoms with Crippen LogP contribution in [0.3, 0.4) is 0 Å². The Balaban J connectivity index is 2.36. The van der Waals surface area contributed by atoms with Crippen LogP contribution < -0.4 is 0 Å². The molecule has 1 unspecified atom stereocenters. The summed E-state index contributed by atoms with van der Waals surface area (Å²) in [6.07, 6.45) is -0.584. The summed E-state index contributed by atoms with van der Waals surface area (Å²) >= 11 is 6.83. The standard InChI is InChI=1S/C14H12Br2O/c1-9-6-11(8-13(16)7-9)14(17)10-2-4-12(15)5-3-10/h2-8,14,17H,1H3. The zero-order valence-corrected chi connectivity index (χ0v) is 12.5. The summed E-state index contributed by atoms with van der Waals surface area (Å²) in [7, 11) is 0. The second-order valence-corrected chi connectivity index (χ2v) is 5.85. The zero-order chi connectivity index (χ0) is 12.4. The number of aliphatic hydroxyl groups is 1. The van der Waals surface area contributed by atoms with E-state index in [4.69, 9.17) is 0 Å². The predicted octanol–water partition coefficient (Wildman–Crippen LogP) is 4.60. The van der Waals surface area contributed by atoms with Crippen molar-refractivity contribution in [2.45, 2.75) is 13.0 Å². The van der Waals surface area contributed by atoms with Crippen molar-refractivity contribution in [3.63, 3.8) is 0 Å². The molecule has 88 valence electrons. The molecule has 1 nitrogen and oxygen atoms in total. The molecule has 0 heterocycles. The van der Waals surface area contributed by atoms with Crippen LogP contribution in [-0.2, 0) is 0 Å². The van der Waals surface area contributed by atoms with E-state index in [0.717, 1.165) is 25.6 Å². The lowest BCUT2D eigenvalue weighted by Crippen LogP contribution is -1.99. The Kier molecular flexibility index (Phi) is 4.02. The van der Waals surface area contributed by atoms with Gasteiger partial charge in [0.05, 0.1) is 0 Å². The van der Waals surface area contributed by atoms with Crippen LogP contribution in [0.1, 0.15) is 22.8 Å². The van der Waals surface area contributed by atoms with Gasteiger partial charge in [-0.15, -0.1) is 0 Å². The number of halogens is 2. The Morgan fingerprint density at radius 1 is 0.882 bits per heavy atom. The van der Waals surface area contributed by atoms with Crippen molar-refractivity contribution < 1.29 is 5.11 Å². The second kappa shape index (κ2) is 5.34. The Morgan fingerprint density at radius 2 is 1.53 bits per heavy atom. The Labute approximate surface area is 118 Å². The maximum absolute atomic E-state index is 10.3. The molecule has 1 atom stereocenters. The molecule has 0 aliphatic rings. The molecule has 3 heteroatoms. The van der Waals surface area contributed by atoms with E-state index in [1.54, 1.807) is 0 Å². The fourth-order valence-corrected chi connectivity index (χ4v) is 2.65. The monoisotopic (exact) mass is 354 g/mol. The molecule has 0 spiro atoms. The summed E-state index contributed by atoms with van der Waals surface area (Å²) in [5, 5.41) is 10.3. The van der Waals surface area contributed by atoms with E-state index in [1.807, 2.05) is 49.4 Å². The van der Waals surface area contributed by atoms with Crippen LogP contribution in [0.25, 0.3) is 0 Å². The fraction of sp³-hybridized carbons (Fsp3) is 0.143. The second-order valence-electron chi connectivity index (χ2n) is 4.02. The molecule has 0 aliphatic heterocycles. The SMILES string of the molecule is Cc1cc(Br)cc(C(O)c2ccc(Br)cc2)c1. The number of benzene rings is 2. The molecule has 17 heavy (non-hydrogen) atoms. The summed E-state index contributed by atoms with van der Waals surface area (Å²) in [4.78, 5) is 0. The number of aliphatic hydroxyl groups excluding tert-OH is 1. The van der Waals surface area contributed by atoms with Gasteiger partial charge in [-0.3, -0.25) is 0 Å². The van der Waals surface area contributed by atoms with Gasteiger partial charge in [0.15, 0.2) is 0 Å². The highest BCUT2D eigenvalue weighted by Crippen LogP contribution is 2.26. The normalized spacial score (nSPS) is 12.5. The molecule has 1 N–H and O–H groups in total. The predicted molar refractivity (Wildman–Crippen MR) is 77.1 cm³/mol. The van der Waals surface area contributed by atoms with Crippen molar-refractivity contribution in [1.29, 1.82) is 0 Å². The van der Waals surface area contributed by atoms with E-state index in [1.165, 1.54) is 0 Å². The first-order valence-electron chi connectivity index (χ1n) is 5.27. The quantitative estimate of drug-likeness (QED) is 0.834. The number of aryl methyl sites for hydroxylation is 1. The zero-order valence-electron chi connectivity index (χ0n) is 9.32. The Morgan fingerprint density at radius 3 is 2.12 bits per heavy atom. The van der Waals surface area contributed by atoms with E-state index in [-0.39, 0.29) is 0 Å². The van der Waals surface area contributed by atoms with Crippen LogP contribution in [0.4, 0.5) is 0 Å². The van der Waals surface area contributed by atoms with Crippen molar-refractivity contribution in [3.05, 3.63) is 68.1 Å². The van der Waals surface area contributed by atoms with Crippen molar-refractivity contribution in [1.82, 2.24) is 0 Å². The van der Waals surface area contributed by atoms with E-state index in [2.05, 4.69) is 31.9 Å². The average molecular weight is 356 g/mol. The lowest BCUT2D eigenvalue weighted by Gasteiger charge is -2.13. The van der Waals surface area contributed by atoms with Crippen molar-refractivity contribution in [3.8, 4) is 0 Å². The minimum atomic E-state index is -0.584. The number of rotatable bonds is 2. The Bertz CT molecular complexity index is 500. The summed E-state index contributed by atoms with van der Waals surface area (Å²) in [5.74, 6) is 0. The van der Waals surface area contributed by atoms with Crippen molar-refractivity contribution in [2.24, 2.45) is 0 Å². The van der Waals surface area contributed by atoms with E-state index >= 15 is 0 Å². The minimum absolute atomic E-state index is 0.584. The molecule has 0 amide bonds. The molecule has 0 aliphatic carbocycles. The van der Waals surface area contributed by atoms with Crippen LogP contribution in [0.5, 0.6) is 0 Å². The summed E-state index contributed by atoms with van der Waals surface area (Å²) in [5.41, 5.74) is 2.93. The maximum Gasteiger partial charge on any atom is 0.104 e. The van der Waals surface area contributed by atoms with Gasteiger partial charge >= 0.3 is 0 Å². The van der Waals surface area contributed by atoms with E-state index in [0.29, 0.717) is 0 Å². The van der Waals surface area contributed by atoms with Crippen molar-refractivity contribution >= 4 is 31.9 Å². The summed E-state index contributed by atoms with van der Waals surface area (Å²) < 4.78 is 2.00. The molecule has 2 aromatic rings. The van der Waals surface area contributed by atoms with Crippen LogP contribution in [0.2, 0.25) is 0 Å². The fourth-order valence-electron chi connectivity index (χ4n) is 1.76. The van der Waals surface area contributed by atoms with E-state index in [9.17, 15) is 5.11 Å². The highest BCUT2D eigenvalue weighted by atomic mass is 79.9. The molecule has 0 saturated carbocycles. The smallest absolute Gasteiger partial charge is 0.104 e. The highest BCUT2D eigenvalue weighted by Gasteiger charge is 2.11. The van der Waals surface area contributed by atoms with E-state index < -0.39 is 6.10 Å². The third kappa shape index (κ3) is 3.18. The number of hydrogen-bond acceptors (Lipinski definition) is 1. The Hall–Kier alpha value is -0.640. The van der Waals surface area contributed by atoms with Gasteiger partial charge in [0, 0.05) is 8.95 Å². The molecule has 0 fully saturated rings. The first-order chi connectivity index (χ1) is 8.06. The molecule has 2 rings (SSSR count). The molecule has 2 aromatic carbocycles. The van der Waals surface area contributed by atoms with Crippen LogP contribution in [0, 0.1) is 6.92 Å². The van der Waals surface area contributed by atoms with Gasteiger partial charge in [0.1, 0.15) is 6.10 Å². The van der Waals surface area contributed by atoms with Gasteiger partial charge in [0.25, 0.3) is 0 Å². The van der Waals surface area contributed by atoms with Crippen LogP contribution in [-0.4, -0.2) is 5.11 Å². The van der Waals surface area contributed by atoms with Gasteiger partial charge in [0.2, 0.25) is 0 Å². The third-order valence-corrected chi connectivity index (χ3v) is 3.55. The topological polar surface area (TPSA) is 20.2 Å². The van der Waals surface area contributed by atoms with Gasteiger partial charge in [-0.05, 0) is 47.9 Å². The average Bonchev–Trinajstić information content (AvgIpc) is 2.28. The minimum Gasteiger partial charge on any atom is -0.384 e. The molecule has 0 saturated heterocycles. The first-order valence-corrected chi connectivity index (χ1v) is 6.85. The van der Waals surface area contributed by atoms with Crippen molar-refractivity contribution in [2.75, 3.05) is 0 Å². The van der Waals surface area contributed by atoms with Gasteiger partial charge in [-0.25, -0.2) is 0 Å². The largest absolute Gasteiger partial charge is 0.384 e. The lowest BCUT2D eigenvalue weighted by atomic mass is 10.0. The molecule has 0 bridgehead atoms. The molecule has 0 aromatic heterocycles. The maximum atomic E-state index is 10.3. The van der Waals surface area contributed by atoms with Crippen LogP contribution >= 0.6 is 31.9 Å². The summed E-state index contributed by atoms with van der Waals surface area (Å²) in [6.45, 7) is 2.02. The molecular weight excluding hydrogens is 344 g/mol.